The minimum Gasteiger partial charge on any atom is -0.481 e. The van der Waals surface area contributed by atoms with E-state index in [2.05, 4.69) is 19.8 Å². The number of alkyl halides is 5. The molecule has 3 rings (SSSR count). The maximum absolute atomic E-state index is 13.0. The zero-order chi connectivity index (χ0) is 20.3. The molecule has 6 nitrogen and oxygen atoms in total. The number of hydrogen-bond acceptors (Lipinski definition) is 5. The molecular weight excluding hydrogens is 387 g/mol. The Morgan fingerprint density at radius 2 is 1.93 bits per heavy atom. The molecule has 0 spiro atoms. The molecule has 0 aliphatic rings. The summed E-state index contributed by atoms with van der Waals surface area (Å²) in [5.74, 6) is -1.04. The largest absolute Gasteiger partial charge is 0.481 e. The number of hydrogen-bond donors (Lipinski definition) is 0. The van der Waals surface area contributed by atoms with Crippen LogP contribution < -0.4 is 9.47 Å². The van der Waals surface area contributed by atoms with Crippen LogP contribution >= 0.6 is 0 Å². The smallest absolute Gasteiger partial charge is 0.451 e. The first-order chi connectivity index (χ1) is 13.3. The molecule has 3 aromatic rings. The van der Waals surface area contributed by atoms with E-state index < -0.39 is 18.6 Å². The molecule has 0 atom stereocenters. The van der Waals surface area contributed by atoms with Gasteiger partial charge in [-0.1, -0.05) is 12.1 Å². The molecule has 0 saturated carbocycles. The SMILES string of the molecule is COc1ncc(Cn2ncnc2C(F)(F)F)cc1-c1cccc(OC(F)F)c1. The van der Waals surface area contributed by atoms with Gasteiger partial charge in [0, 0.05) is 11.8 Å². The highest BCUT2D eigenvalue weighted by atomic mass is 19.4. The molecule has 0 fully saturated rings. The predicted molar refractivity (Wildman–Crippen MR) is 87.0 cm³/mol. The first-order valence-corrected chi connectivity index (χ1v) is 7.81. The van der Waals surface area contributed by atoms with Crippen molar-refractivity contribution in [3.8, 4) is 22.8 Å². The van der Waals surface area contributed by atoms with Crippen molar-refractivity contribution in [3.63, 3.8) is 0 Å². The van der Waals surface area contributed by atoms with Crippen LogP contribution in [0.2, 0.25) is 0 Å². The van der Waals surface area contributed by atoms with Gasteiger partial charge in [-0.3, -0.25) is 0 Å². The topological polar surface area (TPSA) is 62.1 Å². The van der Waals surface area contributed by atoms with Crippen LogP contribution in [-0.4, -0.2) is 33.5 Å². The molecule has 0 radical (unpaired) electrons. The average molecular weight is 400 g/mol. The summed E-state index contributed by atoms with van der Waals surface area (Å²) < 4.78 is 74.0. The molecule has 148 valence electrons. The molecule has 0 aliphatic carbocycles. The highest BCUT2D eigenvalue weighted by Gasteiger charge is 2.36. The van der Waals surface area contributed by atoms with E-state index >= 15 is 0 Å². The Hall–Kier alpha value is -3.24. The molecule has 0 amide bonds. The van der Waals surface area contributed by atoms with Crippen LogP contribution in [0.4, 0.5) is 22.0 Å². The van der Waals surface area contributed by atoms with E-state index in [1.165, 1.54) is 37.6 Å². The number of aromatic nitrogens is 4. The second kappa shape index (κ2) is 7.79. The number of methoxy groups -OCH3 is 1. The minimum absolute atomic E-state index is 0.0735. The number of halogens is 5. The predicted octanol–water partition coefficient (Wildman–Crippen LogP) is 4.02. The lowest BCUT2D eigenvalue weighted by Crippen LogP contribution is -2.16. The van der Waals surface area contributed by atoms with Gasteiger partial charge in [-0.25, -0.2) is 14.6 Å². The van der Waals surface area contributed by atoms with Crippen molar-refractivity contribution in [1.29, 1.82) is 0 Å². The zero-order valence-corrected chi connectivity index (χ0v) is 14.3. The average Bonchev–Trinajstić information content (AvgIpc) is 3.10. The minimum atomic E-state index is -4.65. The Morgan fingerprint density at radius 3 is 2.61 bits per heavy atom. The van der Waals surface area contributed by atoms with Crippen molar-refractivity contribution in [2.45, 2.75) is 19.3 Å². The maximum atomic E-state index is 13.0. The van der Waals surface area contributed by atoms with Gasteiger partial charge in [0.2, 0.25) is 11.7 Å². The molecule has 0 aliphatic heterocycles. The van der Waals surface area contributed by atoms with Gasteiger partial charge in [0.25, 0.3) is 0 Å². The van der Waals surface area contributed by atoms with Gasteiger partial charge in [0.15, 0.2) is 0 Å². The van der Waals surface area contributed by atoms with Crippen LogP contribution in [0, 0.1) is 0 Å². The van der Waals surface area contributed by atoms with E-state index in [0.717, 1.165) is 6.33 Å². The van der Waals surface area contributed by atoms with Crippen molar-refractivity contribution in [2.24, 2.45) is 0 Å². The van der Waals surface area contributed by atoms with Crippen LogP contribution in [-0.2, 0) is 12.7 Å². The fraction of sp³-hybridized carbons (Fsp3) is 0.235. The molecule has 0 N–H and O–H groups in total. The quantitative estimate of drug-likeness (QED) is 0.585. The zero-order valence-electron chi connectivity index (χ0n) is 14.3. The van der Waals surface area contributed by atoms with Gasteiger partial charge in [-0.05, 0) is 29.3 Å². The van der Waals surface area contributed by atoms with Crippen LogP contribution in [0.25, 0.3) is 11.1 Å². The van der Waals surface area contributed by atoms with E-state index in [1.54, 1.807) is 6.07 Å². The number of ether oxygens (including phenoxy) is 2. The Morgan fingerprint density at radius 1 is 1.14 bits per heavy atom. The number of benzene rings is 1. The number of rotatable bonds is 6. The van der Waals surface area contributed by atoms with Gasteiger partial charge < -0.3 is 9.47 Å². The van der Waals surface area contributed by atoms with Gasteiger partial charge in [-0.15, -0.1) is 0 Å². The molecule has 11 heteroatoms. The van der Waals surface area contributed by atoms with E-state index in [-0.39, 0.29) is 18.2 Å². The lowest BCUT2D eigenvalue weighted by atomic mass is 10.0. The molecule has 0 bridgehead atoms. The summed E-state index contributed by atoms with van der Waals surface area (Å²) in [6, 6.07) is 7.35. The van der Waals surface area contributed by atoms with Crippen LogP contribution in [0.1, 0.15) is 11.4 Å². The fourth-order valence-corrected chi connectivity index (χ4v) is 2.56. The van der Waals surface area contributed by atoms with E-state index in [9.17, 15) is 22.0 Å². The third-order valence-electron chi connectivity index (χ3n) is 3.67. The fourth-order valence-electron chi connectivity index (χ4n) is 2.56. The molecule has 1 aromatic carbocycles. The highest BCUT2D eigenvalue weighted by Crippen LogP contribution is 2.32. The van der Waals surface area contributed by atoms with Gasteiger partial charge in [-0.2, -0.15) is 27.1 Å². The normalized spacial score (nSPS) is 11.7. The summed E-state index contributed by atoms with van der Waals surface area (Å²) in [6.07, 6.45) is -2.50. The Labute approximate surface area is 155 Å². The van der Waals surface area contributed by atoms with Gasteiger partial charge in [0.05, 0.1) is 13.7 Å². The van der Waals surface area contributed by atoms with Crippen LogP contribution in [0.5, 0.6) is 11.6 Å². The lowest BCUT2D eigenvalue weighted by Gasteiger charge is -2.13. The van der Waals surface area contributed by atoms with E-state index in [4.69, 9.17) is 4.74 Å². The second-order valence-corrected chi connectivity index (χ2v) is 5.55. The molecule has 28 heavy (non-hydrogen) atoms. The Kier molecular flexibility index (Phi) is 5.43. The summed E-state index contributed by atoms with van der Waals surface area (Å²) in [4.78, 5) is 7.31. The van der Waals surface area contributed by atoms with Gasteiger partial charge >= 0.3 is 12.8 Å². The van der Waals surface area contributed by atoms with Crippen LogP contribution in [0.15, 0.2) is 42.9 Å². The van der Waals surface area contributed by atoms with Gasteiger partial charge in [0.1, 0.15) is 12.1 Å². The summed E-state index contributed by atoms with van der Waals surface area (Å²) in [5, 5.41) is 3.59. The third-order valence-corrected chi connectivity index (χ3v) is 3.67. The van der Waals surface area contributed by atoms with Crippen molar-refractivity contribution in [1.82, 2.24) is 19.7 Å². The summed E-state index contributed by atoms with van der Waals surface area (Å²) >= 11 is 0. The van der Waals surface area contributed by atoms with Crippen molar-refractivity contribution >= 4 is 0 Å². The molecule has 2 aromatic heterocycles. The molecule has 2 heterocycles. The van der Waals surface area contributed by atoms with Crippen molar-refractivity contribution < 1.29 is 31.4 Å². The summed E-state index contributed by atoms with van der Waals surface area (Å²) in [7, 11) is 1.37. The first kappa shape index (κ1) is 19.5. The molecule has 0 unspecified atom stereocenters. The second-order valence-electron chi connectivity index (χ2n) is 5.55. The third kappa shape index (κ3) is 4.35. The van der Waals surface area contributed by atoms with Crippen molar-refractivity contribution in [3.05, 3.63) is 54.2 Å². The standard InChI is InChI=1S/C17H13F5N4O2/c1-27-14-13(11-3-2-4-12(6-11)28-16(18)19)5-10(7-23-14)8-26-15(17(20,21)22)24-9-25-26/h2-7,9,16H,8H2,1H3. The number of pyridine rings is 1. The molecule has 0 saturated heterocycles. The molecular formula is C17H13F5N4O2. The summed E-state index contributed by atoms with van der Waals surface area (Å²) in [5.41, 5.74) is 1.22. The Bertz CT molecular complexity index is 959. The van der Waals surface area contributed by atoms with Crippen molar-refractivity contribution in [2.75, 3.05) is 7.11 Å². The first-order valence-electron chi connectivity index (χ1n) is 7.81. The van der Waals surface area contributed by atoms with E-state index in [0.29, 0.717) is 21.4 Å². The lowest BCUT2D eigenvalue weighted by molar-refractivity contribution is -0.147. The Balaban J connectivity index is 1.97. The number of nitrogens with zero attached hydrogens (tertiary/aromatic N) is 4. The van der Waals surface area contributed by atoms with E-state index in [1.807, 2.05) is 0 Å². The maximum Gasteiger partial charge on any atom is 0.451 e. The highest BCUT2D eigenvalue weighted by molar-refractivity contribution is 5.70. The van der Waals surface area contributed by atoms with Crippen LogP contribution in [0.3, 0.4) is 0 Å². The monoisotopic (exact) mass is 400 g/mol. The summed E-state index contributed by atoms with van der Waals surface area (Å²) in [6.45, 7) is -3.23.